The molecule has 3 rings (SSSR count). The van der Waals surface area contributed by atoms with Gasteiger partial charge < -0.3 is 14.8 Å². The molecule has 1 atom stereocenters. The van der Waals surface area contributed by atoms with E-state index in [-0.39, 0.29) is 24.9 Å². The van der Waals surface area contributed by atoms with Crippen LogP contribution >= 0.6 is 0 Å². The number of benzene rings is 2. The largest absolute Gasteiger partial charge is 0.486 e. The van der Waals surface area contributed by atoms with Crippen LogP contribution in [-0.2, 0) is 21.2 Å². The van der Waals surface area contributed by atoms with Gasteiger partial charge in [-0.2, -0.15) is 0 Å². The molecule has 168 valence electrons. The van der Waals surface area contributed by atoms with Gasteiger partial charge in [-0.1, -0.05) is 31.2 Å². The molecule has 0 radical (unpaired) electrons. The molecular formula is C23H30N2O5S. The lowest BCUT2D eigenvalue weighted by Gasteiger charge is -2.25. The highest BCUT2D eigenvalue weighted by Gasteiger charge is 2.21. The number of aryl methyl sites for hydroxylation is 1. The summed E-state index contributed by atoms with van der Waals surface area (Å²) in [5.74, 6) is 1.02. The molecule has 31 heavy (non-hydrogen) atoms. The number of rotatable bonds is 9. The van der Waals surface area contributed by atoms with Crippen LogP contribution in [0.25, 0.3) is 0 Å². The molecule has 1 aliphatic rings. The van der Waals surface area contributed by atoms with Gasteiger partial charge in [0, 0.05) is 19.0 Å². The molecule has 0 bridgehead atoms. The first kappa shape index (κ1) is 22.9. The van der Waals surface area contributed by atoms with Crippen LogP contribution in [0.15, 0.2) is 42.5 Å². The summed E-state index contributed by atoms with van der Waals surface area (Å²) in [5, 5.41) is 2.98. The van der Waals surface area contributed by atoms with Crippen molar-refractivity contribution in [2.24, 2.45) is 0 Å². The predicted octanol–water partition coefficient (Wildman–Crippen LogP) is 3.44. The number of carbonyl (C=O) groups is 1. The zero-order chi connectivity index (χ0) is 22.4. The second-order valence-corrected chi connectivity index (χ2v) is 9.56. The smallest absolute Gasteiger partial charge is 0.232 e. The Morgan fingerprint density at radius 1 is 1.10 bits per heavy atom. The summed E-state index contributed by atoms with van der Waals surface area (Å²) >= 11 is 0. The van der Waals surface area contributed by atoms with E-state index in [1.807, 2.05) is 19.1 Å². The van der Waals surface area contributed by atoms with Crippen molar-refractivity contribution >= 4 is 21.6 Å². The fraction of sp³-hybridized carbons (Fsp3) is 0.435. The van der Waals surface area contributed by atoms with Crippen molar-refractivity contribution in [2.75, 3.05) is 30.3 Å². The van der Waals surface area contributed by atoms with Gasteiger partial charge in [0.2, 0.25) is 15.9 Å². The quantitative estimate of drug-likeness (QED) is 0.638. The maximum atomic E-state index is 12.4. The zero-order valence-electron chi connectivity index (χ0n) is 18.3. The van der Waals surface area contributed by atoms with Crippen molar-refractivity contribution in [2.45, 2.75) is 39.2 Å². The number of hydrogen-bond donors (Lipinski definition) is 1. The van der Waals surface area contributed by atoms with E-state index in [0.29, 0.717) is 36.8 Å². The fourth-order valence-electron chi connectivity index (χ4n) is 3.50. The summed E-state index contributed by atoms with van der Waals surface area (Å²) in [4.78, 5) is 12.4. The maximum absolute atomic E-state index is 12.4. The molecule has 0 unspecified atom stereocenters. The average Bonchev–Trinajstić information content (AvgIpc) is 2.75. The molecule has 8 heteroatoms. The van der Waals surface area contributed by atoms with Crippen molar-refractivity contribution < 1.29 is 22.7 Å². The predicted molar refractivity (Wildman–Crippen MR) is 121 cm³/mol. The number of nitrogens with zero attached hydrogens (tertiary/aromatic N) is 1. The molecule has 0 aliphatic carbocycles. The molecule has 7 nitrogen and oxygen atoms in total. The van der Waals surface area contributed by atoms with Crippen LogP contribution in [0.4, 0.5) is 5.69 Å². The minimum Gasteiger partial charge on any atom is -0.486 e. The topological polar surface area (TPSA) is 84.9 Å². The van der Waals surface area contributed by atoms with Crippen LogP contribution in [0, 0.1) is 0 Å². The Labute approximate surface area is 184 Å². The van der Waals surface area contributed by atoms with Crippen molar-refractivity contribution in [1.29, 1.82) is 0 Å². The first-order valence-corrected chi connectivity index (χ1v) is 12.4. The highest BCUT2D eigenvalue weighted by molar-refractivity contribution is 7.92. The maximum Gasteiger partial charge on any atom is 0.232 e. The van der Waals surface area contributed by atoms with Crippen LogP contribution in [0.2, 0.25) is 0 Å². The van der Waals surface area contributed by atoms with E-state index >= 15 is 0 Å². The third-order valence-electron chi connectivity index (χ3n) is 5.24. The average molecular weight is 447 g/mol. The van der Waals surface area contributed by atoms with E-state index in [0.717, 1.165) is 18.2 Å². The Morgan fingerprint density at radius 2 is 1.77 bits per heavy atom. The van der Waals surface area contributed by atoms with Gasteiger partial charge in [-0.05, 0) is 43.0 Å². The number of amides is 1. The Morgan fingerprint density at radius 3 is 2.42 bits per heavy atom. The van der Waals surface area contributed by atoms with E-state index in [1.165, 1.54) is 9.87 Å². The van der Waals surface area contributed by atoms with Gasteiger partial charge in [0.05, 0.1) is 18.0 Å². The minimum absolute atomic E-state index is 0.109. The lowest BCUT2D eigenvalue weighted by molar-refractivity contribution is -0.121. The second-order valence-electron chi connectivity index (χ2n) is 7.65. The van der Waals surface area contributed by atoms with Crippen molar-refractivity contribution in [3.05, 3.63) is 53.6 Å². The highest BCUT2D eigenvalue weighted by atomic mass is 32.2. The molecule has 2 aromatic carbocycles. The van der Waals surface area contributed by atoms with Gasteiger partial charge in [-0.3, -0.25) is 9.10 Å². The molecule has 0 fully saturated rings. The summed E-state index contributed by atoms with van der Waals surface area (Å²) in [5.41, 5.74) is 2.79. The number of carbonyl (C=O) groups excluding carboxylic acids is 1. The molecule has 1 N–H and O–H groups in total. The van der Waals surface area contributed by atoms with Crippen LogP contribution in [0.5, 0.6) is 11.5 Å². The monoisotopic (exact) mass is 446 g/mol. The van der Waals surface area contributed by atoms with Crippen LogP contribution < -0.4 is 19.1 Å². The van der Waals surface area contributed by atoms with E-state index in [9.17, 15) is 13.2 Å². The Bertz CT molecular complexity index is 1010. The molecule has 2 aromatic rings. The van der Waals surface area contributed by atoms with Gasteiger partial charge in [-0.25, -0.2) is 8.42 Å². The lowest BCUT2D eigenvalue weighted by Crippen LogP contribution is -2.32. The Hall–Kier alpha value is -2.74. The third-order valence-corrected chi connectivity index (χ3v) is 6.44. The number of ether oxygens (including phenoxy) is 2. The molecule has 0 saturated heterocycles. The fourth-order valence-corrected chi connectivity index (χ4v) is 4.45. The van der Waals surface area contributed by atoms with E-state index in [2.05, 4.69) is 24.4 Å². The second kappa shape index (κ2) is 10.0. The van der Waals surface area contributed by atoms with Gasteiger partial charge in [-0.15, -0.1) is 0 Å². The van der Waals surface area contributed by atoms with E-state index in [1.54, 1.807) is 18.2 Å². The van der Waals surface area contributed by atoms with Crippen LogP contribution in [-0.4, -0.2) is 40.3 Å². The number of fused-ring (bicyclic) bond motifs is 1. The molecular weight excluding hydrogens is 416 g/mol. The number of nitrogens with one attached hydrogen (secondary N) is 1. The van der Waals surface area contributed by atoms with E-state index < -0.39 is 10.0 Å². The standard InChI is InChI=1S/C23H30N2O5S/c1-4-18-7-9-19(10-8-18)17(2)24-23(26)6-5-13-25(31(3,27)28)20-11-12-21-22(16-20)30-15-14-29-21/h7-12,16-17H,4-6,13-15H2,1-3H3,(H,24,26)/t17-/m1/s1. The molecule has 1 aliphatic heterocycles. The van der Waals surface area contributed by atoms with E-state index in [4.69, 9.17) is 9.47 Å². The highest BCUT2D eigenvalue weighted by Crippen LogP contribution is 2.34. The Kier molecular flexibility index (Phi) is 7.43. The zero-order valence-corrected chi connectivity index (χ0v) is 19.1. The Balaban J connectivity index is 1.57. The van der Waals surface area contributed by atoms with Crippen molar-refractivity contribution in [3.63, 3.8) is 0 Å². The first-order chi connectivity index (χ1) is 14.8. The van der Waals surface area contributed by atoms with Crippen LogP contribution in [0.3, 0.4) is 0 Å². The molecule has 1 heterocycles. The molecule has 0 aromatic heterocycles. The minimum atomic E-state index is -3.51. The summed E-state index contributed by atoms with van der Waals surface area (Å²) < 4.78 is 37.0. The number of hydrogen-bond acceptors (Lipinski definition) is 5. The summed E-state index contributed by atoms with van der Waals surface area (Å²) in [6, 6.07) is 13.1. The molecule has 0 saturated carbocycles. The molecule has 0 spiro atoms. The van der Waals surface area contributed by atoms with Crippen LogP contribution in [0.1, 0.15) is 43.9 Å². The lowest BCUT2D eigenvalue weighted by atomic mass is 10.0. The summed E-state index contributed by atoms with van der Waals surface area (Å²) in [7, 11) is -3.51. The normalized spacial score (nSPS) is 14.0. The van der Waals surface area contributed by atoms with Crippen molar-refractivity contribution in [3.8, 4) is 11.5 Å². The number of sulfonamides is 1. The van der Waals surface area contributed by atoms with Gasteiger partial charge >= 0.3 is 0 Å². The first-order valence-electron chi connectivity index (χ1n) is 10.5. The molecule has 1 amide bonds. The van der Waals surface area contributed by atoms with Gasteiger partial charge in [0.25, 0.3) is 0 Å². The third kappa shape index (κ3) is 6.13. The summed E-state index contributed by atoms with van der Waals surface area (Å²) in [6.45, 7) is 5.14. The van der Waals surface area contributed by atoms with Crippen molar-refractivity contribution in [1.82, 2.24) is 5.32 Å². The SMILES string of the molecule is CCc1ccc([C@@H](C)NC(=O)CCCN(c2ccc3c(c2)OCCO3)S(C)(=O)=O)cc1. The number of anilines is 1. The van der Waals surface area contributed by atoms with Gasteiger partial charge in [0.15, 0.2) is 11.5 Å². The van der Waals surface area contributed by atoms with Gasteiger partial charge in [0.1, 0.15) is 13.2 Å². The summed E-state index contributed by atoms with van der Waals surface area (Å²) in [6.07, 6.45) is 2.76.